The highest BCUT2D eigenvalue weighted by Gasteiger charge is 2.37. The standard InChI is InChI=1S/C24H42O4/c1-6-7-15-24(3,4)16-11-13-19-18(2)17-22(26)20(19)12-9-8-10-14-21(25)23(27)28-5/h11,13,18-21,25H,6-10,12,14-17H2,1-5H3/b13-11+/t18-,19+,20-,21?/m1/s1. The van der Waals surface area contributed by atoms with Gasteiger partial charge in [-0.3, -0.25) is 4.79 Å². The molecule has 1 fully saturated rings. The van der Waals surface area contributed by atoms with Crippen LogP contribution in [0.3, 0.4) is 0 Å². The van der Waals surface area contributed by atoms with Gasteiger partial charge in [-0.25, -0.2) is 4.79 Å². The number of methoxy groups -OCH3 is 1. The largest absolute Gasteiger partial charge is 0.467 e. The molecule has 4 heteroatoms. The lowest BCUT2D eigenvalue weighted by atomic mass is 9.82. The van der Waals surface area contributed by atoms with Crippen LogP contribution in [-0.2, 0) is 14.3 Å². The van der Waals surface area contributed by atoms with Gasteiger partial charge in [0.05, 0.1) is 7.11 Å². The Hall–Kier alpha value is -1.16. The molecule has 28 heavy (non-hydrogen) atoms. The van der Waals surface area contributed by atoms with Gasteiger partial charge in [0.15, 0.2) is 6.10 Å². The Kier molecular flexibility index (Phi) is 11.0. The van der Waals surface area contributed by atoms with Crippen LogP contribution in [-0.4, -0.2) is 30.1 Å². The van der Waals surface area contributed by atoms with E-state index >= 15 is 0 Å². The number of rotatable bonds is 13. The van der Waals surface area contributed by atoms with Crippen molar-refractivity contribution in [2.75, 3.05) is 7.11 Å². The number of carbonyl (C=O) groups excluding carboxylic acids is 2. The minimum atomic E-state index is -1.02. The van der Waals surface area contributed by atoms with Crippen LogP contribution in [0.2, 0.25) is 0 Å². The fourth-order valence-corrected chi connectivity index (χ4v) is 4.33. The lowest BCUT2D eigenvalue weighted by Gasteiger charge is -2.23. The van der Waals surface area contributed by atoms with Gasteiger partial charge in [0.1, 0.15) is 5.78 Å². The molecule has 0 aliphatic heterocycles. The van der Waals surface area contributed by atoms with Crippen molar-refractivity contribution in [3.05, 3.63) is 12.2 Å². The maximum Gasteiger partial charge on any atom is 0.334 e. The zero-order chi connectivity index (χ0) is 21.2. The van der Waals surface area contributed by atoms with E-state index in [4.69, 9.17) is 0 Å². The first-order valence-electron chi connectivity index (χ1n) is 11.2. The summed E-state index contributed by atoms with van der Waals surface area (Å²) in [5.74, 6) is 0.758. The molecule has 1 N–H and O–H groups in total. The molecular formula is C24H42O4. The smallest absolute Gasteiger partial charge is 0.334 e. The number of aliphatic hydroxyl groups excluding tert-OH is 1. The van der Waals surface area contributed by atoms with Gasteiger partial charge in [-0.15, -0.1) is 0 Å². The Morgan fingerprint density at radius 1 is 1.29 bits per heavy atom. The van der Waals surface area contributed by atoms with Gasteiger partial charge in [0.2, 0.25) is 0 Å². The molecule has 1 rings (SSSR count). The van der Waals surface area contributed by atoms with Gasteiger partial charge in [0.25, 0.3) is 0 Å². The van der Waals surface area contributed by atoms with Crippen LogP contribution in [0.15, 0.2) is 12.2 Å². The van der Waals surface area contributed by atoms with Crippen molar-refractivity contribution in [3.63, 3.8) is 0 Å². The molecule has 4 atom stereocenters. The van der Waals surface area contributed by atoms with Crippen LogP contribution in [0.25, 0.3) is 0 Å². The Bertz CT molecular complexity index is 509. The van der Waals surface area contributed by atoms with Gasteiger partial charge in [0, 0.05) is 12.3 Å². The Morgan fingerprint density at radius 3 is 2.64 bits per heavy atom. The second kappa shape index (κ2) is 12.4. The van der Waals surface area contributed by atoms with E-state index in [1.807, 2.05) is 0 Å². The van der Waals surface area contributed by atoms with E-state index < -0.39 is 12.1 Å². The van der Waals surface area contributed by atoms with E-state index in [0.717, 1.165) is 32.1 Å². The number of hydrogen-bond donors (Lipinski definition) is 1. The molecule has 0 bridgehead atoms. The number of unbranched alkanes of at least 4 members (excludes halogenated alkanes) is 3. The minimum Gasteiger partial charge on any atom is -0.467 e. The summed E-state index contributed by atoms with van der Waals surface area (Å²) in [7, 11) is 1.29. The van der Waals surface area contributed by atoms with E-state index in [9.17, 15) is 14.7 Å². The summed E-state index contributed by atoms with van der Waals surface area (Å²) in [5, 5.41) is 9.63. The van der Waals surface area contributed by atoms with Crippen molar-refractivity contribution in [2.24, 2.45) is 23.2 Å². The van der Waals surface area contributed by atoms with Gasteiger partial charge in [-0.05, 0) is 42.9 Å². The second-order valence-electron chi connectivity index (χ2n) is 9.41. The van der Waals surface area contributed by atoms with Crippen molar-refractivity contribution >= 4 is 11.8 Å². The van der Waals surface area contributed by atoms with E-state index in [-0.39, 0.29) is 5.92 Å². The molecule has 0 spiro atoms. The summed E-state index contributed by atoms with van der Waals surface area (Å²) in [4.78, 5) is 23.7. The number of allylic oxidation sites excluding steroid dienone is 2. The minimum absolute atomic E-state index is 0.135. The first kappa shape index (κ1) is 24.9. The summed E-state index contributed by atoms with van der Waals surface area (Å²) >= 11 is 0. The van der Waals surface area contributed by atoms with Crippen molar-refractivity contribution in [2.45, 2.75) is 98.0 Å². The van der Waals surface area contributed by atoms with Gasteiger partial charge in [-0.2, -0.15) is 0 Å². The number of hydrogen-bond acceptors (Lipinski definition) is 4. The monoisotopic (exact) mass is 394 g/mol. The molecule has 1 unspecified atom stereocenters. The molecule has 0 saturated heterocycles. The normalized spacial score (nSPS) is 24.1. The molecule has 1 aliphatic rings. The molecule has 0 aromatic heterocycles. The maximum atomic E-state index is 12.5. The van der Waals surface area contributed by atoms with Crippen LogP contribution in [0.5, 0.6) is 0 Å². The third kappa shape index (κ3) is 8.46. The van der Waals surface area contributed by atoms with Gasteiger partial charge < -0.3 is 9.84 Å². The molecule has 4 nitrogen and oxygen atoms in total. The van der Waals surface area contributed by atoms with Crippen LogP contribution in [0, 0.1) is 23.2 Å². The predicted octanol–water partition coefficient (Wildman–Crippen LogP) is 5.47. The molecule has 0 radical (unpaired) electrons. The third-order valence-corrected chi connectivity index (χ3v) is 6.26. The van der Waals surface area contributed by atoms with E-state index in [1.165, 1.54) is 26.4 Å². The predicted molar refractivity (Wildman–Crippen MR) is 114 cm³/mol. The summed E-state index contributed by atoms with van der Waals surface area (Å²) in [6.45, 7) is 9.09. The lowest BCUT2D eigenvalue weighted by Crippen LogP contribution is -2.21. The van der Waals surface area contributed by atoms with Gasteiger partial charge >= 0.3 is 5.97 Å². The van der Waals surface area contributed by atoms with Gasteiger partial charge in [-0.1, -0.05) is 72.0 Å². The number of esters is 1. The lowest BCUT2D eigenvalue weighted by molar-refractivity contribution is -0.150. The van der Waals surface area contributed by atoms with Crippen molar-refractivity contribution in [3.8, 4) is 0 Å². The quantitative estimate of drug-likeness (QED) is 0.255. The summed E-state index contributed by atoms with van der Waals surface area (Å²) < 4.78 is 4.53. The molecule has 1 aliphatic carbocycles. The number of ketones is 1. The van der Waals surface area contributed by atoms with Crippen LogP contribution < -0.4 is 0 Å². The average molecular weight is 395 g/mol. The van der Waals surface area contributed by atoms with E-state index in [0.29, 0.717) is 35.9 Å². The first-order chi connectivity index (χ1) is 13.2. The number of Topliss-reactive ketones (excluding diaryl/α,β-unsaturated/α-hetero) is 1. The third-order valence-electron chi connectivity index (χ3n) is 6.26. The zero-order valence-corrected chi connectivity index (χ0v) is 18.7. The first-order valence-corrected chi connectivity index (χ1v) is 11.2. The van der Waals surface area contributed by atoms with Crippen LogP contribution >= 0.6 is 0 Å². The highest BCUT2D eigenvalue weighted by Crippen LogP contribution is 2.39. The Balaban J connectivity index is 2.45. The Labute approximate surface area is 172 Å². The maximum absolute atomic E-state index is 12.5. The molecule has 0 heterocycles. The Morgan fingerprint density at radius 2 is 2.00 bits per heavy atom. The van der Waals surface area contributed by atoms with Crippen molar-refractivity contribution in [1.82, 2.24) is 0 Å². The fraction of sp³-hybridized carbons (Fsp3) is 0.833. The second-order valence-corrected chi connectivity index (χ2v) is 9.41. The van der Waals surface area contributed by atoms with E-state index in [1.54, 1.807) is 0 Å². The highest BCUT2D eigenvalue weighted by molar-refractivity contribution is 5.84. The molecular weight excluding hydrogens is 352 g/mol. The molecule has 1 saturated carbocycles. The SMILES string of the molecule is CCCCC(C)(C)C/C=C/[C@H]1[C@H](C)CC(=O)[C@@H]1CCCCCC(O)C(=O)OC. The summed E-state index contributed by atoms with van der Waals surface area (Å²) in [6, 6.07) is 0. The number of carbonyl (C=O) groups is 2. The molecule has 162 valence electrons. The van der Waals surface area contributed by atoms with E-state index in [2.05, 4.69) is 44.6 Å². The van der Waals surface area contributed by atoms with Crippen molar-refractivity contribution in [1.29, 1.82) is 0 Å². The highest BCUT2D eigenvalue weighted by atomic mass is 16.5. The fourth-order valence-electron chi connectivity index (χ4n) is 4.33. The molecule has 0 aromatic rings. The van der Waals surface area contributed by atoms with Crippen molar-refractivity contribution < 1.29 is 19.4 Å². The topological polar surface area (TPSA) is 63.6 Å². The zero-order valence-electron chi connectivity index (χ0n) is 18.7. The van der Waals surface area contributed by atoms with Crippen LogP contribution in [0.1, 0.15) is 91.9 Å². The summed E-state index contributed by atoms with van der Waals surface area (Å²) in [5.41, 5.74) is 0.328. The number of aliphatic hydroxyl groups is 1. The average Bonchev–Trinajstić information content (AvgIpc) is 2.92. The summed E-state index contributed by atoms with van der Waals surface area (Å²) in [6.07, 6.45) is 13.1. The van der Waals surface area contributed by atoms with Crippen LogP contribution in [0.4, 0.5) is 0 Å². The molecule has 0 aromatic carbocycles. The molecule has 0 amide bonds. The number of ether oxygens (including phenoxy) is 1.